The maximum atomic E-state index is 12.4. The summed E-state index contributed by atoms with van der Waals surface area (Å²) in [5.74, 6) is -1.57. The van der Waals surface area contributed by atoms with Gasteiger partial charge in [0.25, 0.3) is 5.56 Å². The van der Waals surface area contributed by atoms with E-state index in [4.69, 9.17) is 5.11 Å². The highest BCUT2D eigenvalue weighted by Crippen LogP contribution is 2.21. The largest absolute Gasteiger partial charge is 0.493 e. The molecule has 28 heavy (non-hydrogen) atoms. The minimum Gasteiger partial charge on any atom is -0.493 e. The average molecular weight is 379 g/mol. The van der Waals surface area contributed by atoms with E-state index in [1.165, 1.54) is 24.3 Å². The number of aromatic nitrogens is 2. The topological polar surface area (TPSA) is 125 Å². The van der Waals surface area contributed by atoms with Gasteiger partial charge in [-0.1, -0.05) is 25.1 Å². The third-order valence-electron chi connectivity index (χ3n) is 4.10. The Morgan fingerprint density at radius 1 is 1.07 bits per heavy atom. The zero-order valence-corrected chi connectivity index (χ0v) is 14.9. The summed E-state index contributed by atoms with van der Waals surface area (Å²) in [7, 11) is 0. The van der Waals surface area contributed by atoms with Gasteiger partial charge >= 0.3 is 11.7 Å². The second-order valence-corrected chi connectivity index (χ2v) is 5.89. The van der Waals surface area contributed by atoms with Crippen molar-refractivity contribution in [3.05, 3.63) is 86.6 Å². The first-order valence-electron chi connectivity index (χ1n) is 8.47. The van der Waals surface area contributed by atoms with Crippen molar-refractivity contribution in [2.75, 3.05) is 0 Å². The molecule has 3 aromatic rings. The molecule has 1 heterocycles. The van der Waals surface area contributed by atoms with Gasteiger partial charge in [-0.3, -0.25) is 14.8 Å². The molecule has 142 valence electrons. The number of carboxylic acids is 1. The van der Waals surface area contributed by atoms with E-state index in [0.717, 1.165) is 4.57 Å². The molecule has 0 amide bonds. The molecule has 8 nitrogen and oxygen atoms in total. The van der Waals surface area contributed by atoms with Crippen LogP contribution in [-0.4, -0.2) is 31.4 Å². The fraction of sp³-hybridized carbons (Fsp3) is 0.100. The molecule has 0 atom stereocenters. The second kappa shape index (κ2) is 7.75. The maximum Gasteiger partial charge on any atom is 0.335 e. The van der Waals surface area contributed by atoms with Crippen molar-refractivity contribution in [2.45, 2.75) is 13.3 Å². The number of aromatic carboxylic acids is 1. The molecule has 0 spiro atoms. The van der Waals surface area contributed by atoms with Gasteiger partial charge in [-0.05, 0) is 42.8 Å². The third-order valence-corrected chi connectivity index (χ3v) is 4.10. The molecule has 0 saturated heterocycles. The number of para-hydroxylation sites is 1. The number of H-pyrrole nitrogens is 1. The molecule has 0 bridgehead atoms. The Kier molecular flexibility index (Phi) is 5.21. The lowest BCUT2D eigenvalue weighted by Gasteiger charge is -2.12. The fourth-order valence-electron chi connectivity index (χ4n) is 2.75. The monoisotopic (exact) mass is 379 g/mol. The molecule has 0 aliphatic rings. The van der Waals surface area contributed by atoms with E-state index < -0.39 is 23.1 Å². The Hall–Kier alpha value is -3.94. The first-order valence-corrected chi connectivity index (χ1v) is 8.47. The lowest BCUT2D eigenvalue weighted by molar-refractivity contribution is 0.0697. The van der Waals surface area contributed by atoms with Crippen molar-refractivity contribution in [3.8, 4) is 11.6 Å². The summed E-state index contributed by atoms with van der Waals surface area (Å²) in [5.41, 5.74) is -0.465. The van der Waals surface area contributed by atoms with E-state index in [-0.39, 0.29) is 16.8 Å². The molecule has 0 fully saturated rings. The molecule has 2 aromatic carbocycles. The summed E-state index contributed by atoms with van der Waals surface area (Å²) in [6.45, 7) is 1.75. The maximum absolute atomic E-state index is 12.4. The van der Waals surface area contributed by atoms with Crippen LogP contribution in [0.15, 0.2) is 69.2 Å². The summed E-state index contributed by atoms with van der Waals surface area (Å²) < 4.78 is 0.995. The number of nitrogens with one attached hydrogen (secondary N) is 1. The highest BCUT2D eigenvalue weighted by molar-refractivity contribution is 6.03. The van der Waals surface area contributed by atoms with Crippen LogP contribution in [0, 0.1) is 0 Å². The van der Waals surface area contributed by atoms with Gasteiger partial charge in [0.15, 0.2) is 0 Å². The Bertz CT molecular complexity index is 1160. The quantitative estimate of drug-likeness (QED) is 0.587. The van der Waals surface area contributed by atoms with Crippen molar-refractivity contribution >= 4 is 17.4 Å². The van der Waals surface area contributed by atoms with Crippen molar-refractivity contribution < 1.29 is 15.0 Å². The predicted octanol–water partition coefficient (Wildman–Crippen LogP) is 2.46. The van der Waals surface area contributed by atoms with Crippen LogP contribution < -0.4 is 11.2 Å². The van der Waals surface area contributed by atoms with Gasteiger partial charge in [-0.25, -0.2) is 14.2 Å². The third kappa shape index (κ3) is 3.61. The van der Waals surface area contributed by atoms with Gasteiger partial charge in [-0.2, -0.15) is 0 Å². The van der Waals surface area contributed by atoms with Crippen molar-refractivity contribution in [2.24, 2.45) is 4.99 Å². The van der Waals surface area contributed by atoms with E-state index in [1.54, 1.807) is 37.3 Å². The summed E-state index contributed by atoms with van der Waals surface area (Å²) in [6, 6.07) is 14.2. The van der Waals surface area contributed by atoms with Crippen molar-refractivity contribution in [1.29, 1.82) is 0 Å². The standard InChI is InChI=1S/C20H17N3O5/c1-2-15(21-13-10-8-12(9-11-13)19(26)27)16-17(24)22-20(28)23(18(16)25)14-6-4-3-5-7-14/h3-11,25H,2H2,1H3,(H,26,27)(H,22,24,28). The van der Waals surface area contributed by atoms with Crippen LogP contribution in [0.5, 0.6) is 5.88 Å². The van der Waals surface area contributed by atoms with Gasteiger partial charge in [-0.15, -0.1) is 0 Å². The Balaban J connectivity index is 2.16. The number of aliphatic imine (C=N–C) groups is 1. The van der Waals surface area contributed by atoms with Gasteiger partial charge in [0.05, 0.1) is 22.6 Å². The Morgan fingerprint density at radius 2 is 1.71 bits per heavy atom. The first-order chi connectivity index (χ1) is 13.4. The van der Waals surface area contributed by atoms with Crippen LogP contribution in [0.1, 0.15) is 29.3 Å². The van der Waals surface area contributed by atoms with Crippen LogP contribution in [0.25, 0.3) is 5.69 Å². The molecular formula is C20H17N3O5. The van der Waals surface area contributed by atoms with Crippen LogP contribution in [0.2, 0.25) is 0 Å². The molecule has 8 heteroatoms. The number of hydrogen-bond acceptors (Lipinski definition) is 5. The number of rotatable bonds is 5. The van der Waals surface area contributed by atoms with Gasteiger partial charge in [0.1, 0.15) is 5.56 Å². The van der Waals surface area contributed by atoms with E-state index >= 15 is 0 Å². The van der Waals surface area contributed by atoms with E-state index in [1.807, 2.05) is 0 Å². The van der Waals surface area contributed by atoms with Crippen LogP contribution in [0.3, 0.4) is 0 Å². The molecular weight excluding hydrogens is 362 g/mol. The molecule has 0 aliphatic carbocycles. The van der Waals surface area contributed by atoms with Gasteiger partial charge in [0, 0.05) is 0 Å². The molecule has 0 saturated carbocycles. The van der Waals surface area contributed by atoms with Crippen LogP contribution in [0.4, 0.5) is 5.69 Å². The van der Waals surface area contributed by atoms with Gasteiger partial charge in [0.2, 0.25) is 5.88 Å². The van der Waals surface area contributed by atoms with Crippen molar-refractivity contribution in [3.63, 3.8) is 0 Å². The zero-order chi connectivity index (χ0) is 20.3. The Labute approximate surface area is 159 Å². The minimum atomic E-state index is -1.06. The summed E-state index contributed by atoms with van der Waals surface area (Å²) in [6.07, 6.45) is 0.296. The molecule has 3 rings (SSSR count). The number of aromatic hydroxyl groups is 1. The van der Waals surface area contributed by atoms with Crippen LogP contribution >= 0.6 is 0 Å². The fourth-order valence-corrected chi connectivity index (χ4v) is 2.75. The SMILES string of the molecule is CCC(=Nc1ccc(C(=O)O)cc1)c1c(O)n(-c2ccccc2)c(=O)[nH]c1=O. The highest BCUT2D eigenvalue weighted by Gasteiger charge is 2.19. The number of nitrogens with zero attached hydrogens (tertiary/aromatic N) is 2. The lowest BCUT2D eigenvalue weighted by atomic mass is 10.1. The van der Waals surface area contributed by atoms with E-state index in [0.29, 0.717) is 17.8 Å². The van der Waals surface area contributed by atoms with Gasteiger partial charge < -0.3 is 10.2 Å². The smallest absolute Gasteiger partial charge is 0.335 e. The first kappa shape index (κ1) is 18.8. The Morgan fingerprint density at radius 3 is 2.29 bits per heavy atom. The zero-order valence-electron chi connectivity index (χ0n) is 14.9. The summed E-state index contributed by atoms with van der Waals surface area (Å²) in [4.78, 5) is 42.2. The minimum absolute atomic E-state index is 0.107. The number of aromatic amines is 1. The number of carbonyl (C=O) groups is 1. The van der Waals surface area contributed by atoms with Crippen molar-refractivity contribution in [1.82, 2.24) is 9.55 Å². The highest BCUT2D eigenvalue weighted by atomic mass is 16.4. The molecule has 3 N–H and O–H groups in total. The summed E-state index contributed by atoms with van der Waals surface area (Å²) >= 11 is 0. The molecule has 1 aromatic heterocycles. The molecule has 0 aliphatic heterocycles. The lowest BCUT2D eigenvalue weighted by Crippen LogP contribution is -2.33. The normalized spacial score (nSPS) is 11.4. The number of hydrogen-bond donors (Lipinski definition) is 3. The number of benzene rings is 2. The number of carboxylic acid groups (broad SMARTS) is 1. The van der Waals surface area contributed by atoms with E-state index in [9.17, 15) is 19.5 Å². The molecule has 0 radical (unpaired) electrons. The average Bonchev–Trinajstić information content (AvgIpc) is 2.68. The summed E-state index contributed by atoms with van der Waals surface area (Å²) in [5, 5.41) is 19.7. The second-order valence-electron chi connectivity index (χ2n) is 5.89. The molecule has 0 unspecified atom stereocenters. The predicted molar refractivity (Wildman–Crippen MR) is 104 cm³/mol. The van der Waals surface area contributed by atoms with Crippen LogP contribution in [-0.2, 0) is 0 Å². The van der Waals surface area contributed by atoms with E-state index in [2.05, 4.69) is 9.98 Å².